The first-order chi connectivity index (χ1) is 8.04. The third-order valence-electron chi connectivity index (χ3n) is 2.16. The smallest absolute Gasteiger partial charge is 0.335 e. The molecule has 0 bridgehead atoms. The Morgan fingerprint density at radius 1 is 1.29 bits per heavy atom. The van der Waals surface area contributed by atoms with Crippen LogP contribution in [0.4, 0.5) is 4.39 Å². The molecule has 0 saturated heterocycles. The Balaban J connectivity index is 2.48. The van der Waals surface area contributed by atoms with Crippen molar-refractivity contribution in [2.24, 2.45) is 0 Å². The Labute approximate surface area is 97.2 Å². The van der Waals surface area contributed by atoms with Gasteiger partial charge in [0, 0.05) is 0 Å². The molecule has 0 aliphatic carbocycles. The second-order valence-corrected chi connectivity index (χ2v) is 5.41. The second-order valence-electron chi connectivity index (χ2n) is 3.26. The minimum Gasteiger partial charge on any atom is -0.408 e. The Kier molecular flexibility index (Phi) is 2.93. The molecule has 2 aromatic rings. The van der Waals surface area contributed by atoms with Crippen LogP contribution in [0.25, 0.3) is 11.5 Å². The summed E-state index contributed by atoms with van der Waals surface area (Å²) in [6.07, 6.45) is 0. The predicted octanol–water partition coefficient (Wildman–Crippen LogP) is 1.67. The van der Waals surface area contributed by atoms with Gasteiger partial charge in [0.25, 0.3) is 5.89 Å². The van der Waals surface area contributed by atoms with E-state index in [1.54, 1.807) is 6.07 Å². The van der Waals surface area contributed by atoms with Crippen molar-refractivity contribution in [2.45, 2.75) is 12.1 Å². The van der Waals surface area contributed by atoms with E-state index in [1.165, 1.54) is 25.1 Å². The molecule has 0 aliphatic rings. The molecule has 1 aromatic carbocycles. The Morgan fingerprint density at radius 3 is 2.65 bits per heavy atom. The van der Waals surface area contributed by atoms with E-state index < -0.39 is 20.9 Å². The molecule has 0 aliphatic heterocycles. The lowest BCUT2D eigenvalue weighted by Crippen LogP contribution is -2.03. The maximum absolute atomic E-state index is 13.4. The number of benzene rings is 1. The van der Waals surface area contributed by atoms with Crippen LogP contribution in [0.5, 0.6) is 0 Å². The molecule has 1 aromatic heterocycles. The number of sulfone groups is 1. The van der Waals surface area contributed by atoms with E-state index in [0.717, 1.165) is 0 Å². The summed E-state index contributed by atoms with van der Waals surface area (Å²) in [7, 11) is -3.56. The number of hydrogen-bond acceptors (Lipinski definition) is 5. The predicted molar refractivity (Wildman–Crippen MR) is 57.4 cm³/mol. The fraction of sp³-hybridized carbons (Fsp3) is 0.200. The molecule has 0 spiro atoms. The van der Waals surface area contributed by atoms with Gasteiger partial charge in [0.15, 0.2) is 0 Å². The summed E-state index contributed by atoms with van der Waals surface area (Å²) < 4.78 is 41.2. The van der Waals surface area contributed by atoms with Crippen molar-refractivity contribution in [3.63, 3.8) is 0 Å². The molecule has 0 unspecified atom stereocenters. The summed E-state index contributed by atoms with van der Waals surface area (Å²) in [4.78, 5) is 0. The van der Waals surface area contributed by atoms with Gasteiger partial charge in [-0.05, 0) is 12.1 Å². The van der Waals surface area contributed by atoms with Crippen molar-refractivity contribution >= 4 is 9.84 Å². The first-order valence-corrected chi connectivity index (χ1v) is 6.51. The van der Waals surface area contributed by atoms with E-state index in [0.29, 0.717) is 0 Å². The number of nitrogens with zero attached hydrogens (tertiary/aromatic N) is 2. The molecule has 2 rings (SSSR count). The van der Waals surface area contributed by atoms with Gasteiger partial charge in [0.05, 0.1) is 11.3 Å². The fourth-order valence-corrected chi connectivity index (χ4v) is 1.82. The highest BCUT2D eigenvalue weighted by atomic mass is 32.2. The standard InChI is InChI=1S/C10H9FN2O3S/c1-2-17(14,15)10-13-12-9(16-10)7-5-3-4-6-8(7)11/h3-6H,2H2,1H3. The third kappa shape index (κ3) is 2.19. The summed E-state index contributed by atoms with van der Waals surface area (Å²) in [5.74, 6) is -0.835. The zero-order chi connectivity index (χ0) is 12.5. The van der Waals surface area contributed by atoms with Gasteiger partial charge in [-0.3, -0.25) is 0 Å². The molecule has 0 atom stereocenters. The van der Waals surface area contributed by atoms with Crippen LogP contribution >= 0.6 is 0 Å². The summed E-state index contributed by atoms with van der Waals surface area (Å²) in [5, 5.41) is 6.44. The zero-order valence-corrected chi connectivity index (χ0v) is 9.74. The molecule has 1 heterocycles. The molecule has 7 heteroatoms. The number of rotatable bonds is 3. The largest absolute Gasteiger partial charge is 0.408 e. The summed E-state index contributed by atoms with van der Waals surface area (Å²) in [6.45, 7) is 1.46. The van der Waals surface area contributed by atoms with Crippen molar-refractivity contribution in [2.75, 3.05) is 5.75 Å². The minimum absolute atomic E-state index is 0.0811. The number of aromatic nitrogens is 2. The molecule has 90 valence electrons. The van der Waals surface area contributed by atoms with Crippen molar-refractivity contribution in [1.82, 2.24) is 10.2 Å². The lowest BCUT2D eigenvalue weighted by Gasteiger charge is -1.95. The normalized spacial score (nSPS) is 11.6. The van der Waals surface area contributed by atoms with Crippen LogP contribution in [0.15, 0.2) is 33.9 Å². The SMILES string of the molecule is CCS(=O)(=O)c1nnc(-c2ccccc2F)o1. The molecule has 0 amide bonds. The third-order valence-corrected chi connectivity index (χ3v) is 3.61. The maximum atomic E-state index is 13.4. The summed E-state index contributed by atoms with van der Waals surface area (Å²) in [6, 6.07) is 5.77. The van der Waals surface area contributed by atoms with Crippen molar-refractivity contribution < 1.29 is 17.2 Å². The van der Waals surface area contributed by atoms with E-state index in [2.05, 4.69) is 10.2 Å². The van der Waals surface area contributed by atoms with Gasteiger partial charge in [0.2, 0.25) is 9.84 Å². The first kappa shape index (κ1) is 11.7. The molecule has 0 saturated carbocycles. The van der Waals surface area contributed by atoms with E-state index >= 15 is 0 Å². The molecule has 17 heavy (non-hydrogen) atoms. The van der Waals surface area contributed by atoms with E-state index in [-0.39, 0.29) is 17.2 Å². The van der Waals surface area contributed by atoms with Crippen LogP contribution in [0, 0.1) is 5.82 Å². The van der Waals surface area contributed by atoms with Gasteiger partial charge in [0.1, 0.15) is 5.82 Å². The number of hydrogen-bond donors (Lipinski definition) is 0. The second kappa shape index (κ2) is 4.25. The molecular formula is C10H9FN2O3S. The fourth-order valence-electron chi connectivity index (χ4n) is 1.20. The van der Waals surface area contributed by atoms with Crippen LogP contribution in [0.2, 0.25) is 0 Å². The van der Waals surface area contributed by atoms with Gasteiger partial charge in [-0.15, -0.1) is 5.10 Å². The first-order valence-electron chi connectivity index (χ1n) is 4.86. The Hall–Kier alpha value is -1.76. The molecule has 0 radical (unpaired) electrons. The molecular weight excluding hydrogens is 247 g/mol. The summed E-state index contributed by atoms with van der Waals surface area (Å²) in [5.41, 5.74) is 0.0811. The van der Waals surface area contributed by atoms with Gasteiger partial charge in [-0.25, -0.2) is 12.8 Å². The monoisotopic (exact) mass is 256 g/mol. The average molecular weight is 256 g/mol. The topological polar surface area (TPSA) is 73.1 Å². The van der Waals surface area contributed by atoms with Gasteiger partial charge in [-0.1, -0.05) is 24.2 Å². The van der Waals surface area contributed by atoms with Crippen LogP contribution in [-0.4, -0.2) is 24.4 Å². The zero-order valence-electron chi connectivity index (χ0n) is 8.92. The van der Waals surface area contributed by atoms with Gasteiger partial charge >= 0.3 is 5.22 Å². The molecule has 0 N–H and O–H groups in total. The average Bonchev–Trinajstić information content (AvgIpc) is 2.79. The highest BCUT2D eigenvalue weighted by Crippen LogP contribution is 2.22. The molecule has 5 nitrogen and oxygen atoms in total. The van der Waals surface area contributed by atoms with Crippen molar-refractivity contribution in [3.05, 3.63) is 30.1 Å². The van der Waals surface area contributed by atoms with Crippen LogP contribution in [0.1, 0.15) is 6.92 Å². The summed E-state index contributed by atoms with van der Waals surface area (Å²) >= 11 is 0. The highest BCUT2D eigenvalue weighted by molar-refractivity contribution is 7.91. The van der Waals surface area contributed by atoms with Gasteiger partial charge < -0.3 is 4.42 Å². The quantitative estimate of drug-likeness (QED) is 0.835. The lowest BCUT2D eigenvalue weighted by molar-refractivity contribution is 0.438. The maximum Gasteiger partial charge on any atom is 0.335 e. The van der Waals surface area contributed by atoms with Crippen molar-refractivity contribution in [3.8, 4) is 11.5 Å². The van der Waals surface area contributed by atoms with E-state index in [9.17, 15) is 12.8 Å². The Bertz CT molecular complexity index is 637. The lowest BCUT2D eigenvalue weighted by atomic mass is 10.2. The van der Waals surface area contributed by atoms with E-state index in [1.807, 2.05) is 0 Å². The van der Waals surface area contributed by atoms with Crippen molar-refractivity contribution in [1.29, 1.82) is 0 Å². The van der Waals surface area contributed by atoms with E-state index in [4.69, 9.17) is 4.42 Å². The minimum atomic E-state index is -3.56. The van der Waals surface area contributed by atoms with Crippen LogP contribution < -0.4 is 0 Å². The van der Waals surface area contributed by atoms with Crippen LogP contribution in [0.3, 0.4) is 0 Å². The highest BCUT2D eigenvalue weighted by Gasteiger charge is 2.21. The van der Waals surface area contributed by atoms with Crippen LogP contribution in [-0.2, 0) is 9.84 Å². The van der Waals surface area contributed by atoms with Gasteiger partial charge in [-0.2, -0.15) is 0 Å². The molecule has 0 fully saturated rings. The Morgan fingerprint density at radius 2 is 2.00 bits per heavy atom. The number of halogens is 1.